The number of nitrogens with one attached hydrogen (secondary N) is 1. The Morgan fingerprint density at radius 2 is 1.87 bits per heavy atom. The number of piperidine rings is 1. The minimum Gasteiger partial charge on any atom is -0.481 e. The summed E-state index contributed by atoms with van der Waals surface area (Å²) < 4.78 is 69.8. The molecule has 2 atom stereocenters. The van der Waals surface area contributed by atoms with E-state index in [1.807, 2.05) is 4.90 Å². The summed E-state index contributed by atoms with van der Waals surface area (Å²) in [4.78, 5) is 21.7. The number of aliphatic carboxylic acids is 1. The molecule has 1 aliphatic heterocycles. The first kappa shape index (κ1) is 26.0. The lowest BCUT2D eigenvalue weighted by Crippen LogP contribution is -2.38. The maximum absolute atomic E-state index is 13.7. The molecule has 0 radical (unpaired) electrons. The molecule has 3 heterocycles. The van der Waals surface area contributed by atoms with Crippen LogP contribution in [0.25, 0.3) is 11.3 Å². The van der Waals surface area contributed by atoms with Crippen LogP contribution in [0, 0.1) is 18.3 Å². The highest BCUT2D eigenvalue weighted by Crippen LogP contribution is 2.58. The fraction of sp³-hybridized carbons (Fsp3) is 0.346. The Bertz CT molecular complexity index is 1510. The summed E-state index contributed by atoms with van der Waals surface area (Å²) in [5, 5.41) is 9.08. The van der Waals surface area contributed by atoms with Crippen molar-refractivity contribution in [2.75, 3.05) is 22.7 Å². The Morgan fingerprint density at radius 1 is 1.11 bits per heavy atom. The van der Waals surface area contributed by atoms with Crippen molar-refractivity contribution in [3.05, 3.63) is 65.7 Å². The van der Waals surface area contributed by atoms with Gasteiger partial charge in [-0.1, -0.05) is 30.3 Å². The third-order valence-electron chi connectivity index (χ3n) is 7.24. The number of halogens is 3. The van der Waals surface area contributed by atoms with Crippen LogP contribution in [0.2, 0.25) is 0 Å². The average Bonchev–Trinajstić information content (AvgIpc) is 3.56. The molecule has 1 saturated carbocycles. The van der Waals surface area contributed by atoms with E-state index in [4.69, 9.17) is 0 Å². The van der Waals surface area contributed by atoms with Crippen molar-refractivity contribution < 1.29 is 31.5 Å². The van der Waals surface area contributed by atoms with Crippen LogP contribution in [0.5, 0.6) is 0 Å². The lowest BCUT2D eigenvalue weighted by molar-refractivity contribution is -0.139. The molecule has 8 nitrogen and oxygen atoms in total. The number of carbonyl (C=O) groups is 1. The van der Waals surface area contributed by atoms with Crippen LogP contribution in [-0.4, -0.2) is 42.6 Å². The molecule has 38 heavy (non-hydrogen) atoms. The maximum atomic E-state index is 13.7. The van der Waals surface area contributed by atoms with Gasteiger partial charge in [0.2, 0.25) is 0 Å². The van der Waals surface area contributed by atoms with Crippen LogP contribution in [0.1, 0.15) is 30.4 Å². The van der Waals surface area contributed by atoms with Crippen LogP contribution < -0.4 is 9.62 Å². The molecule has 1 spiro atoms. The normalized spacial score (nSPS) is 21.4. The third kappa shape index (κ3) is 4.92. The highest BCUT2D eigenvalue weighted by molar-refractivity contribution is 7.92. The second-order valence-electron chi connectivity index (χ2n) is 9.83. The van der Waals surface area contributed by atoms with Crippen molar-refractivity contribution in [2.45, 2.75) is 37.4 Å². The largest absolute Gasteiger partial charge is 0.481 e. The van der Waals surface area contributed by atoms with Crippen LogP contribution >= 0.6 is 0 Å². The molecule has 3 aromatic rings. The van der Waals surface area contributed by atoms with E-state index in [-0.39, 0.29) is 27.5 Å². The standard InChI is InChI=1S/C26H25F3N4O4S/c1-16-6-2-3-7-17(16)23-18(26(27,28)29)10-11-20(30-23)32-38(36,37)22-9-4-8-21(31-22)33-13-5-12-25(15-33)14-19(25)24(34)35/h2-4,6-11,19H,5,12-15H2,1H3,(H,30,32)(H,34,35). The number of nitrogens with zero attached hydrogens (tertiary/aromatic N) is 3. The average molecular weight is 547 g/mol. The van der Waals surface area contributed by atoms with Crippen molar-refractivity contribution in [2.24, 2.45) is 11.3 Å². The quantitative estimate of drug-likeness (QED) is 0.449. The summed E-state index contributed by atoms with van der Waals surface area (Å²) in [6.45, 7) is 2.72. The van der Waals surface area contributed by atoms with Crippen molar-refractivity contribution in [1.82, 2.24) is 9.97 Å². The number of anilines is 2. The topological polar surface area (TPSA) is 112 Å². The molecule has 1 aliphatic carbocycles. The number of hydrogen-bond donors (Lipinski definition) is 2. The molecule has 2 unspecified atom stereocenters. The SMILES string of the molecule is Cc1ccccc1-c1nc(NS(=O)(=O)c2cccc(N3CCCC4(CC4C(=O)O)C3)n2)ccc1C(F)(F)F. The first-order valence-electron chi connectivity index (χ1n) is 12.0. The minimum atomic E-state index is -4.69. The van der Waals surface area contributed by atoms with Gasteiger partial charge in [-0.15, -0.1) is 0 Å². The summed E-state index contributed by atoms with van der Waals surface area (Å²) in [6, 6.07) is 12.7. The van der Waals surface area contributed by atoms with E-state index in [0.29, 0.717) is 30.9 Å². The number of sulfonamides is 1. The number of aromatic nitrogens is 2. The molecule has 5 rings (SSSR count). The van der Waals surface area contributed by atoms with E-state index in [9.17, 15) is 31.5 Å². The zero-order chi connectivity index (χ0) is 27.3. The fourth-order valence-electron chi connectivity index (χ4n) is 5.21. The van der Waals surface area contributed by atoms with E-state index in [2.05, 4.69) is 14.7 Å². The van der Waals surface area contributed by atoms with E-state index >= 15 is 0 Å². The van der Waals surface area contributed by atoms with Gasteiger partial charge in [0.15, 0.2) is 5.03 Å². The Kier molecular flexibility index (Phi) is 6.33. The van der Waals surface area contributed by atoms with Gasteiger partial charge >= 0.3 is 12.1 Å². The molecular weight excluding hydrogens is 521 g/mol. The predicted molar refractivity (Wildman–Crippen MR) is 134 cm³/mol. The number of rotatable bonds is 6. The maximum Gasteiger partial charge on any atom is 0.418 e. The highest BCUT2D eigenvalue weighted by atomic mass is 32.2. The second kappa shape index (κ2) is 9.26. The molecule has 2 fully saturated rings. The van der Waals surface area contributed by atoms with Crippen LogP contribution in [0.4, 0.5) is 24.8 Å². The van der Waals surface area contributed by atoms with Crippen molar-refractivity contribution in [1.29, 1.82) is 0 Å². The summed E-state index contributed by atoms with van der Waals surface area (Å²) >= 11 is 0. The zero-order valence-corrected chi connectivity index (χ0v) is 21.2. The molecule has 2 aromatic heterocycles. The lowest BCUT2D eigenvalue weighted by atomic mass is 9.92. The van der Waals surface area contributed by atoms with E-state index in [0.717, 1.165) is 25.0 Å². The van der Waals surface area contributed by atoms with Crippen molar-refractivity contribution >= 4 is 27.6 Å². The van der Waals surface area contributed by atoms with Crippen molar-refractivity contribution in [3.63, 3.8) is 0 Å². The Hall–Kier alpha value is -3.67. The first-order chi connectivity index (χ1) is 17.9. The van der Waals surface area contributed by atoms with Crippen LogP contribution in [-0.2, 0) is 21.0 Å². The molecule has 1 saturated heterocycles. The van der Waals surface area contributed by atoms with Crippen LogP contribution in [0.3, 0.4) is 0 Å². The highest BCUT2D eigenvalue weighted by Gasteiger charge is 2.59. The van der Waals surface area contributed by atoms with E-state index in [1.54, 1.807) is 31.2 Å². The number of carboxylic acid groups (broad SMARTS) is 1. The van der Waals surface area contributed by atoms with Gasteiger partial charge in [-0.3, -0.25) is 9.52 Å². The van der Waals surface area contributed by atoms with Gasteiger partial charge in [0, 0.05) is 24.1 Å². The minimum absolute atomic E-state index is 0.236. The van der Waals surface area contributed by atoms with Gasteiger partial charge in [-0.25, -0.2) is 9.97 Å². The van der Waals surface area contributed by atoms with Gasteiger partial charge in [0.25, 0.3) is 10.0 Å². The van der Waals surface area contributed by atoms with Crippen LogP contribution in [0.15, 0.2) is 59.6 Å². The molecule has 0 amide bonds. The Morgan fingerprint density at radius 3 is 2.55 bits per heavy atom. The molecular formula is C26H25F3N4O4S. The number of alkyl halides is 3. The monoisotopic (exact) mass is 546 g/mol. The first-order valence-corrected chi connectivity index (χ1v) is 13.5. The third-order valence-corrected chi connectivity index (χ3v) is 8.50. The summed E-state index contributed by atoms with van der Waals surface area (Å²) in [5.74, 6) is -1.12. The number of hydrogen-bond acceptors (Lipinski definition) is 6. The smallest absolute Gasteiger partial charge is 0.418 e. The zero-order valence-electron chi connectivity index (χ0n) is 20.4. The molecule has 2 aliphatic rings. The number of pyridine rings is 2. The van der Waals surface area contributed by atoms with E-state index < -0.39 is 33.7 Å². The van der Waals surface area contributed by atoms with E-state index in [1.165, 1.54) is 18.2 Å². The molecule has 12 heteroatoms. The number of aryl methyl sites for hydroxylation is 1. The van der Waals surface area contributed by atoms with Crippen molar-refractivity contribution in [3.8, 4) is 11.3 Å². The van der Waals surface area contributed by atoms with Gasteiger partial charge in [-0.2, -0.15) is 21.6 Å². The molecule has 2 N–H and O–H groups in total. The lowest BCUT2D eigenvalue weighted by Gasteiger charge is -2.34. The Labute approximate surface area is 217 Å². The number of carboxylic acids is 1. The summed E-state index contributed by atoms with van der Waals surface area (Å²) in [7, 11) is -4.29. The van der Waals surface area contributed by atoms with Gasteiger partial charge in [-0.05, 0) is 56.0 Å². The fourth-order valence-corrected chi connectivity index (χ4v) is 6.18. The van der Waals surface area contributed by atoms with Gasteiger partial charge in [0.05, 0.1) is 17.2 Å². The molecule has 0 bridgehead atoms. The summed E-state index contributed by atoms with van der Waals surface area (Å²) in [6.07, 6.45) is -2.55. The van der Waals surface area contributed by atoms with Gasteiger partial charge < -0.3 is 10.0 Å². The summed E-state index contributed by atoms with van der Waals surface area (Å²) in [5.41, 5.74) is -0.892. The molecule has 200 valence electrons. The predicted octanol–water partition coefficient (Wildman–Crippen LogP) is 4.96. The number of benzene rings is 1. The molecule has 1 aromatic carbocycles. The van der Waals surface area contributed by atoms with Gasteiger partial charge in [0.1, 0.15) is 11.6 Å². The Balaban J connectivity index is 1.43. The second-order valence-corrected chi connectivity index (χ2v) is 11.5.